The van der Waals surface area contributed by atoms with Crippen LogP contribution in [0.25, 0.3) is 0 Å². The predicted octanol–water partition coefficient (Wildman–Crippen LogP) is 2.87. The first-order valence-electron chi connectivity index (χ1n) is 6.57. The Kier molecular flexibility index (Phi) is 10.6. The number of hydrogen-bond donors (Lipinski definition) is 2. The summed E-state index contributed by atoms with van der Waals surface area (Å²) in [6.07, 6.45) is 6.93. The van der Waals surface area contributed by atoms with Gasteiger partial charge in [-0.1, -0.05) is 51.4 Å². The van der Waals surface area contributed by atoms with E-state index in [4.69, 9.17) is 0 Å². The largest absolute Gasteiger partial charge is 0.380 e. The summed E-state index contributed by atoms with van der Waals surface area (Å²) in [4.78, 5) is 0. The van der Waals surface area contributed by atoms with Crippen molar-refractivity contribution < 1.29 is 10.2 Å². The van der Waals surface area contributed by atoms with Gasteiger partial charge in [-0.15, -0.1) is 0 Å². The van der Waals surface area contributed by atoms with Crippen molar-refractivity contribution in [2.24, 2.45) is 0 Å². The van der Waals surface area contributed by atoms with E-state index in [0.29, 0.717) is 0 Å². The lowest BCUT2D eigenvalue weighted by Crippen LogP contribution is -2.07. The highest BCUT2D eigenvalue weighted by molar-refractivity contribution is 5.08. The van der Waals surface area contributed by atoms with Crippen LogP contribution in [0.3, 0.4) is 0 Å². The maximum absolute atomic E-state index is 9.51. The Morgan fingerprint density at radius 3 is 1.44 bits per heavy atom. The highest BCUT2D eigenvalue weighted by Crippen LogP contribution is 2.04. The van der Waals surface area contributed by atoms with Crippen LogP contribution >= 0.6 is 0 Å². The lowest BCUT2D eigenvalue weighted by molar-refractivity contribution is 0.207. The van der Waals surface area contributed by atoms with Crippen molar-refractivity contribution in [2.45, 2.75) is 77.4 Å². The highest BCUT2D eigenvalue weighted by Gasteiger charge is 2.01. The minimum atomic E-state index is -0.563. The summed E-state index contributed by atoms with van der Waals surface area (Å²) in [5.41, 5.74) is 0. The molecular weight excluding hydrogens is 200 g/mol. The van der Waals surface area contributed by atoms with Gasteiger partial charge < -0.3 is 10.2 Å². The molecule has 16 heavy (non-hydrogen) atoms. The van der Waals surface area contributed by atoms with Crippen LogP contribution in [-0.4, -0.2) is 22.4 Å². The Morgan fingerprint density at radius 1 is 0.750 bits per heavy atom. The number of aliphatic hydroxyl groups excluding tert-OH is 2. The topological polar surface area (TPSA) is 40.5 Å². The van der Waals surface area contributed by atoms with Crippen molar-refractivity contribution in [2.75, 3.05) is 0 Å². The van der Waals surface area contributed by atoms with Gasteiger partial charge in [0.2, 0.25) is 0 Å². The molecule has 2 nitrogen and oxygen atoms in total. The first-order chi connectivity index (χ1) is 7.70. The Bertz CT molecular complexity index is 183. The number of aliphatic hydroxyl groups is 2. The summed E-state index contributed by atoms with van der Waals surface area (Å²) in [5, 5.41) is 19.0. The third-order valence-electron chi connectivity index (χ3n) is 2.58. The molecule has 0 saturated carbocycles. The van der Waals surface area contributed by atoms with Gasteiger partial charge in [-0.25, -0.2) is 0 Å². The predicted molar refractivity (Wildman–Crippen MR) is 68.1 cm³/mol. The SMILES string of the molecule is CCCCC[C@@H](O)C#C[C@H](O)CCCCC. The van der Waals surface area contributed by atoms with Gasteiger partial charge in [0, 0.05) is 0 Å². The van der Waals surface area contributed by atoms with Gasteiger partial charge in [0.1, 0.15) is 12.2 Å². The molecule has 0 unspecified atom stereocenters. The third-order valence-corrected chi connectivity index (χ3v) is 2.58. The van der Waals surface area contributed by atoms with E-state index in [0.717, 1.165) is 51.4 Å². The van der Waals surface area contributed by atoms with Gasteiger partial charge in [-0.2, -0.15) is 0 Å². The highest BCUT2D eigenvalue weighted by atomic mass is 16.3. The molecule has 0 aliphatic rings. The molecule has 0 saturated heterocycles. The molecule has 2 heteroatoms. The summed E-state index contributed by atoms with van der Waals surface area (Å²) in [6.45, 7) is 4.27. The second-order valence-electron chi connectivity index (χ2n) is 4.31. The molecule has 0 aliphatic heterocycles. The molecule has 0 aromatic rings. The van der Waals surface area contributed by atoms with E-state index >= 15 is 0 Å². The average molecular weight is 226 g/mol. The Hall–Kier alpha value is -0.520. The fraction of sp³-hybridized carbons (Fsp3) is 0.857. The molecule has 2 N–H and O–H groups in total. The average Bonchev–Trinajstić information content (AvgIpc) is 2.27. The maximum Gasteiger partial charge on any atom is 0.114 e. The minimum Gasteiger partial charge on any atom is -0.380 e. The van der Waals surface area contributed by atoms with Crippen LogP contribution < -0.4 is 0 Å². The molecule has 0 aromatic carbocycles. The van der Waals surface area contributed by atoms with Crippen LogP contribution in [0.1, 0.15) is 65.2 Å². The van der Waals surface area contributed by atoms with Crippen LogP contribution in [0.15, 0.2) is 0 Å². The normalized spacial score (nSPS) is 14.0. The third kappa shape index (κ3) is 10.0. The molecule has 0 bridgehead atoms. The molecule has 0 amide bonds. The monoisotopic (exact) mass is 226 g/mol. The molecule has 94 valence electrons. The van der Waals surface area contributed by atoms with Gasteiger partial charge in [-0.3, -0.25) is 0 Å². The number of unbranched alkanes of at least 4 members (excludes halogenated alkanes) is 4. The molecule has 0 heterocycles. The van der Waals surface area contributed by atoms with E-state index in [2.05, 4.69) is 25.7 Å². The molecule has 0 rings (SSSR count). The molecule has 0 fully saturated rings. The summed E-state index contributed by atoms with van der Waals surface area (Å²) in [5.74, 6) is 5.45. The summed E-state index contributed by atoms with van der Waals surface area (Å²) in [7, 11) is 0. The summed E-state index contributed by atoms with van der Waals surface area (Å²) in [6, 6.07) is 0. The maximum atomic E-state index is 9.51. The lowest BCUT2D eigenvalue weighted by atomic mass is 10.1. The number of rotatable bonds is 8. The van der Waals surface area contributed by atoms with Crippen LogP contribution in [0, 0.1) is 11.8 Å². The summed E-state index contributed by atoms with van der Waals surface area (Å²) < 4.78 is 0. The molecule has 2 atom stereocenters. The molecule has 0 aliphatic carbocycles. The van der Waals surface area contributed by atoms with Crippen molar-refractivity contribution in [3.63, 3.8) is 0 Å². The van der Waals surface area contributed by atoms with E-state index < -0.39 is 12.2 Å². The zero-order valence-corrected chi connectivity index (χ0v) is 10.7. The van der Waals surface area contributed by atoms with Crippen LogP contribution in [0.5, 0.6) is 0 Å². The fourth-order valence-corrected chi connectivity index (χ4v) is 1.51. The van der Waals surface area contributed by atoms with Crippen LogP contribution in [0.4, 0.5) is 0 Å². The Labute approximate surface area is 100 Å². The van der Waals surface area contributed by atoms with Gasteiger partial charge in [-0.05, 0) is 25.7 Å². The smallest absolute Gasteiger partial charge is 0.114 e. The van der Waals surface area contributed by atoms with Gasteiger partial charge in [0.15, 0.2) is 0 Å². The van der Waals surface area contributed by atoms with Crippen LogP contribution in [0.2, 0.25) is 0 Å². The zero-order chi connectivity index (χ0) is 12.2. The van der Waals surface area contributed by atoms with Crippen LogP contribution in [-0.2, 0) is 0 Å². The summed E-state index contributed by atoms with van der Waals surface area (Å²) >= 11 is 0. The van der Waals surface area contributed by atoms with E-state index in [1.54, 1.807) is 0 Å². The second kappa shape index (κ2) is 11.0. The van der Waals surface area contributed by atoms with Crippen molar-refractivity contribution in [1.29, 1.82) is 0 Å². The molecular formula is C14H26O2. The van der Waals surface area contributed by atoms with E-state index in [-0.39, 0.29) is 0 Å². The minimum absolute atomic E-state index is 0.563. The van der Waals surface area contributed by atoms with Crippen molar-refractivity contribution in [1.82, 2.24) is 0 Å². The molecule has 0 aromatic heterocycles. The Balaban J connectivity index is 3.62. The van der Waals surface area contributed by atoms with Gasteiger partial charge in [0.25, 0.3) is 0 Å². The fourth-order valence-electron chi connectivity index (χ4n) is 1.51. The lowest BCUT2D eigenvalue weighted by Gasteiger charge is -2.04. The first kappa shape index (κ1) is 15.5. The van der Waals surface area contributed by atoms with Crippen molar-refractivity contribution >= 4 is 0 Å². The van der Waals surface area contributed by atoms with E-state index in [1.165, 1.54) is 0 Å². The quantitative estimate of drug-likeness (QED) is 0.493. The van der Waals surface area contributed by atoms with Gasteiger partial charge in [0.05, 0.1) is 0 Å². The first-order valence-corrected chi connectivity index (χ1v) is 6.57. The molecule has 0 spiro atoms. The standard InChI is InChI=1S/C14H26O2/c1-3-5-7-9-13(15)11-12-14(16)10-8-6-4-2/h13-16H,3-10H2,1-2H3/t13-,14-/m1/s1. The molecule has 0 radical (unpaired) electrons. The van der Waals surface area contributed by atoms with Gasteiger partial charge >= 0.3 is 0 Å². The second-order valence-corrected chi connectivity index (χ2v) is 4.31. The Morgan fingerprint density at radius 2 is 1.12 bits per heavy atom. The number of hydrogen-bond acceptors (Lipinski definition) is 2. The van der Waals surface area contributed by atoms with E-state index in [9.17, 15) is 10.2 Å². The van der Waals surface area contributed by atoms with Crippen molar-refractivity contribution in [3.05, 3.63) is 0 Å². The zero-order valence-electron chi connectivity index (χ0n) is 10.7. The van der Waals surface area contributed by atoms with E-state index in [1.807, 2.05) is 0 Å². The van der Waals surface area contributed by atoms with Crippen molar-refractivity contribution in [3.8, 4) is 11.8 Å².